The smallest absolute Gasteiger partial charge is 0.226 e. The van der Waals surface area contributed by atoms with Crippen LogP contribution in [0.3, 0.4) is 0 Å². The Morgan fingerprint density at radius 3 is 2.52 bits per heavy atom. The normalized spacial score (nSPS) is 21.6. The summed E-state index contributed by atoms with van der Waals surface area (Å²) in [5.41, 5.74) is 3.97. The van der Waals surface area contributed by atoms with Crippen molar-refractivity contribution in [2.45, 2.75) is 71.3 Å². The molecule has 1 N–H and O–H groups in total. The van der Waals surface area contributed by atoms with E-state index in [9.17, 15) is 15.2 Å². The quantitative estimate of drug-likeness (QED) is 0.376. The molecular formula is C32H43N5O3. The summed E-state index contributed by atoms with van der Waals surface area (Å²) in [4.78, 5) is 25.6. The summed E-state index contributed by atoms with van der Waals surface area (Å²) < 4.78 is 6.14. The zero-order chi connectivity index (χ0) is 28.5. The minimum atomic E-state index is -0.276. The molecule has 214 valence electrons. The molecule has 1 atom stereocenters. The topological polar surface area (TPSA) is 102 Å². The summed E-state index contributed by atoms with van der Waals surface area (Å²) in [6.45, 7) is 11.4. The molecule has 0 bridgehead atoms. The predicted octanol–water partition coefficient (Wildman–Crippen LogP) is 5.19. The molecule has 1 aromatic rings. The molecule has 8 heteroatoms. The van der Waals surface area contributed by atoms with Gasteiger partial charge in [0.15, 0.2) is 0 Å². The number of piperidine rings is 2. The third-order valence-electron chi connectivity index (χ3n) is 8.48. The number of carbonyl (C=O) groups is 1. The second kappa shape index (κ2) is 14.3. The Morgan fingerprint density at radius 1 is 1.18 bits per heavy atom. The highest BCUT2D eigenvalue weighted by molar-refractivity contribution is 5.84. The number of benzene rings is 1. The fraction of sp³-hybridized carbons (Fsp3) is 0.562. The fourth-order valence-electron chi connectivity index (χ4n) is 5.60. The van der Waals surface area contributed by atoms with Gasteiger partial charge in [0, 0.05) is 38.3 Å². The highest BCUT2D eigenvalue weighted by Crippen LogP contribution is 2.34. The first-order chi connectivity index (χ1) is 19.4. The maximum atomic E-state index is 12.9. The van der Waals surface area contributed by atoms with Crippen LogP contribution in [0.1, 0.15) is 76.3 Å². The first-order valence-corrected chi connectivity index (χ1v) is 14.7. The Morgan fingerprint density at radius 2 is 1.90 bits per heavy atom. The van der Waals surface area contributed by atoms with Gasteiger partial charge in [0.05, 0.1) is 18.3 Å². The van der Waals surface area contributed by atoms with Gasteiger partial charge in [0.25, 0.3) is 0 Å². The van der Waals surface area contributed by atoms with E-state index in [0.29, 0.717) is 62.1 Å². The van der Waals surface area contributed by atoms with E-state index < -0.39 is 0 Å². The van der Waals surface area contributed by atoms with Crippen LogP contribution in [-0.4, -0.2) is 72.4 Å². The number of aliphatic hydroxyl groups excluding tert-OH is 1. The number of guanidine groups is 1. The zero-order valence-corrected chi connectivity index (χ0v) is 24.0. The molecule has 0 radical (unpaired) electrons. The molecule has 1 amide bonds. The van der Waals surface area contributed by atoms with Crippen molar-refractivity contribution in [1.29, 1.82) is 5.26 Å². The van der Waals surface area contributed by atoms with Gasteiger partial charge in [-0.15, -0.1) is 0 Å². The van der Waals surface area contributed by atoms with Crippen LogP contribution in [0.25, 0.3) is 5.57 Å². The Kier molecular flexibility index (Phi) is 10.5. The maximum Gasteiger partial charge on any atom is 0.226 e. The molecular weight excluding hydrogens is 502 g/mol. The molecule has 2 fully saturated rings. The number of likely N-dealkylation sites (tertiary alicyclic amines) is 2. The number of carbonyl (C=O) groups excluding carboxylic acids is 1. The number of ether oxygens (including phenoxy) is 1. The minimum Gasteiger partial charge on any atom is -0.492 e. The zero-order valence-electron chi connectivity index (χ0n) is 24.0. The van der Waals surface area contributed by atoms with Crippen molar-refractivity contribution in [1.82, 2.24) is 9.80 Å². The van der Waals surface area contributed by atoms with Crippen molar-refractivity contribution in [2.24, 2.45) is 21.8 Å². The largest absolute Gasteiger partial charge is 0.492 e. The van der Waals surface area contributed by atoms with E-state index in [4.69, 9.17) is 4.74 Å². The third-order valence-corrected chi connectivity index (χ3v) is 8.48. The molecule has 4 rings (SSSR count). The van der Waals surface area contributed by atoms with Crippen molar-refractivity contribution in [3.05, 3.63) is 47.2 Å². The Balaban J connectivity index is 1.29. The average molecular weight is 546 g/mol. The van der Waals surface area contributed by atoms with Crippen LogP contribution in [0.2, 0.25) is 0 Å². The summed E-state index contributed by atoms with van der Waals surface area (Å²) in [5.74, 6) is 1.92. The highest BCUT2D eigenvalue weighted by Gasteiger charge is 2.29. The van der Waals surface area contributed by atoms with Gasteiger partial charge < -0.3 is 19.6 Å². The van der Waals surface area contributed by atoms with Gasteiger partial charge in [0.1, 0.15) is 11.8 Å². The van der Waals surface area contributed by atoms with E-state index in [2.05, 4.69) is 47.6 Å². The van der Waals surface area contributed by atoms with Crippen LogP contribution >= 0.6 is 0 Å². The lowest BCUT2D eigenvalue weighted by Gasteiger charge is -2.33. The maximum absolute atomic E-state index is 12.9. The van der Waals surface area contributed by atoms with Crippen molar-refractivity contribution in [3.63, 3.8) is 0 Å². The van der Waals surface area contributed by atoms with Gasteiger partial charge in [0.2, 0.25) is 11.9 Å². The number of allylic oxidation sites excluding steroid dienone is 3. The van der Waals surface area contributed by atoms with Crippen LogP contribution in [0, 0.1) is 23.2 Å². The number of amides is 1. The molecule has 1 aromatic carbocycles. The van der Waals surface area contributed by atoms with E-state index >= 15 is 0 Å². The van der Waals surface area contributed by atoms with Crippen molar-refractivity contribution >= 4 is 24.2 Å². The lowest BCUT2D eigenvalue weighted by molar-refractivity contribution is -0.137. The Hall–Kier alpha value is -3.44. The molecule has 0 saturated carbocycles. The number of aliphatic imine (C=N–C) groups is 2. The molecule has 3 aliphatic rings. The third kappa shape index (κ3) is 7.60. The van der Waals surface area contributed by atoms with Gasteiger partial charge in [-0.3, -0.25) is 4.79 Å². The standard InChI is InChI=1S/C32H43N5O3/c1-4-23(2)21-35-32(34-3)37-15-11-24(12-16-37)22-40-30-10-9-27(19-28(30)20-33)25-5-7-26(8-6-25)31(39)36-17-13-29(38)14-18-36/h5,9-10,19,21,24,26,29,38H,3-4,6-8,11-18,22H2,1-2H3/b23-21+,35-32+. The summed E-state index contributed by atoms with van der Waals surface area (Å²) in [5, 5.41) is 19.6. The molecule has 1 unspecified atom stereocenters. The van der Waals surface area contributed by atoms with Crippen molar-refractivity contribution < 1.29 is 14.6 Å². The van der Waals surface area contributed by atoms with E-state index in [1.54, 1.807) is 0 Å². The molecule has 40 heavy (non-hydrogen) atoms. The lowest BCUT2D eigenvalue weighted by Crippen LogP contribution is -2.43. The highest BCUT2D eigenvalue weighted by atomic mass is 16.5. The van der Waals surface area contributed by atoms with E-state index in [0.717, 1.165) is 50.8 Å². The average Bonchev–Trinajstić information content (AvgIpc) is 3.00. The molecule has 1 aliphatic carbocycles. The molecule has 8 nitrogen and oxygen atoms in total. The number of hydrogen-bond donors (Lipinski definition) is 1. The molecule has 2 saturated heterocycles. The fourth-order valence-corrected chi connectivity index (χ4v) is 5.60. The Labute approximate surface area is 238 Å². The second-order valence-electron chi connectivity index (χ2n) is 11.2. The first-order valence-electron chi connectivity index (χ1n) is 14.7. The van der Waals surface area contributed by atoms with Gasteiger partial charge in [-0.2, -0.15) is 5.26 Å². The lowest BCUT2D eigenvalue weighted by atomic mass is 9.85. The monoisotopic (exact) mass is 545 g/mol. The van der Waals surface area contributed by atoms with E-state index in [1.165, 1.54) is 11.1 Å². The number of nitriles is 1. The van der Waals surface area contributed by atoms with Crippen LogP contribution in [0.4, 0.5) is 0 Å². The number of aliphatic hydroxyl groups is 1. The molecule has 2 aliphatic heterocycles. The van der Waals surface area contributed by atoms with E-state index in [-0.39, 0.29) is 17.9 Å². The summed E-state index contributed by atoms with van der Waals surface area (Å²) in [6, 6.07) is 8.17. The van der Waals surface area contributed by atoms with Crippen LogP contribution in [-0.2, 0) is 4.79 Å². The van der Waals surface area contributed by atoms with Gasteiger partial charge in [-0.25, -0.2) is 9.98 Å². The second-order valence-corrected chi connectivity index (χ2v) is 11.2. The molecule has 0 aromatic heterocycles. The summed E-state index contributed by atoms with van der Waals surface area (Å²) in [7, 11) is 0. The first kappa shape index (κ1) is 29.5. The predicted molar refractivity (Wildman–Crippen MR) is 159 cm³/mol. The van der Waals surface area contributed by atoms with Crippen LogP contribution in [0.15, 0.2) is 46.0 Å². The van der Waals surface area contributed by atoms with Gasteiger partial charge in [-0.05, 0) is 94.2 Å². The molecule has 2 heterocycles. The Bertz CT molecular complexity index is 1180. The van der Waals surface area contributed by atoms with Crippen molar-refractivity contribution in [3.8, 4) is 11.8 Å². The van der Waals surface area contributed by atoms with E-state index in [1.807, 2.05) is 29.3 Å². The summed E-state index contributed by atoms with van der Waals surface area (Å²) in [6.07, 6.45) is 10.3. The number of nitrogens with zero attached hydrogens (tertiary/aromatic N) is 5. The van der Waals surface area contributed by atoms with Gasteiger partial charge in [-0.1, -0.05) is 24.6 Å². The minimum absolute atomic E-state index is 0.00462. The van der Waals surface area contributed by atoms with Crippen LogP contribution < -0.4 is 4.74 Å². The van der Waals surface area contributed by atoms with Gasteiger partial charge >= 0.3 is 0 Å². The molecule has 0 spiro atoms. The number of rotatable bonds is 7. The SMILES string of the molecule is C=N/C(=N\C=C(/C)CC)N1CCC(COc2ccc(C3=CCC(C(=O)N4CCC(O)CC4)CC3)cc2C#N)CC1. The summed E-state index contributed by atoms with van der Waals surface area (Å²) >= 11 is 0. The van der Waals surface area contributed by atoms with Crippen molar-refractivity contribution in [2.75, 3.05) is 32.8 Å². The van der Waals surface area contributed by atoms with Crippen LogP contribution in [0.5, 0.6) is 5.75 Å². The number of hydrogen-bond acceptors (Lipinski definition) is 5.